The van der Waals surface area contributed by atoms with E-state index in [1.165, 1.54) is 31.0 Å². The van der Waals surface area contributed by atoms with Crippen molar-refractivity contribution in [3.05, 3.63) is 22.7 Å². The number of carbonyl (C=O) groups excluding carboxylic acids is 1. The molecular weight excluding hydrogens is 368 g/mol. The average molecular weight is 385 g/mol. The molecule has 1 aliphatic carbocycles. The second-order valence-corrected chi connectivity index (χ2v) is 8.45. The highest BCUT2D eigenvalue weighted by Gasteiger charge is 2.16. The first kappa shape index (κ1) is 15.3. The molecule has 0 atom stereocenters. The third kappa shape index (κ3) is 4.20. The number of halogens is 1. The summed E-state index contributed by atoms with van der Waals surface area (Å²) in [5.74, 6) is 0.588. The van der Waals surface area contributed by atoms with E-state index >= 15 is 0 Å². The third-order valence-electron chi connectivity index (χ3n) is 3.63. The summed E-state index contributed by atoms with van der Waals surface area (Å²) in [4.78, 5) is 16.5. The third-order valence-corrected chi connectivity index (χ3v) is 6.28. The summed E-state index contributed by atoms with van der Waals surface area (Å²) in [6.45, 7) is 0. The summed E-state index contributed by atoms with van der Waals surface area (Å²) in [6.07, 6.45) is 6.05. The number of hydrogen-bond acceptors (Lipinski definition) is 4. The average Bonchev–Trinajstić information content (AvgIpc) is 2.88. The molecule has 0 bridgehead atoms. The van der Waals surface area contributed by atoms with Gasteiger partial charge in [-0.3, -0.25) is 4.79 Å². The monoisotopic (exact) mass is 384 g/mol. The molecule has 1 heterocycles. The summed E-state index contributed by atoms with van der Waals surface area (Å²) >= 11 is 6.64. The molecule has 0 radical (unpaired) electrons. The van der Waals surface area contributed by atoms with E-state index in [0.717, 1.165) is 31.9 Å². The van der Waals surface area contributed by atoms with Crippen LogP contribution in [0.3, 0.4) is 0 Å². The van der Waals surface area contributed by atoms with E-state index in [1.54, 1.807) is 11.3 Å². The van der Waals surface area contributed by atoms with E-state index in [-0.39, 0.29) is 5.91 Å². The van der Waals surface area contributed by atoms with Crippen LogP contribution in [0.4, 0.5) is 0 Å². The molecule has 1 fully saturated rings. The minimum atomic E-state index is 0.132. The molecule has 1 aromatic carbocycles. The number of rotatable bonds is 4. The fraction of sp³-hybridized carbons (Fsp3) is 0.467. The molecule has 0 spiro atoms. The molecule has 3 rings (SSSR count). The quantitative estimate of drug-likeness (QED) is 0.783. The second-order valence-electron chi connectivity index (χ2n) is 5.28. The van der Waals surface area contributed by atoms with Crippen LogP contribution in [0.25, 0.3) is 10.2 Å². The number of amides is 1. The second kappa shape index (κ2) is 7.11. The maximum absolute atomic E-state index is 12.0. The highest BCUT2D eigenvalue weighted by Crippen LogP contribution is 2.31. The SMILES string of the molecule is O=C(CSc1nc2ccc(Br)cc2s1)NC1CCCCC1. The Morgan fingerprint density at radius 1 is 1.38 bits per heavy atom. The lowest BCUT2D eigenvalue weighted by atomic mass is 9.95. The number of aromatic nitrogens is 1. The van der Waals surface area contributed by atoms with Crippen LogP contribution in [0.1, 0.15) is 32.1 Å². The largest absolute Gasteiger partial charge is 0.353 e. The molecular formula is C15H17BrN2OS2. The number of nitrogens with one attached hydrogen (secondary N) is 1. The van der Waals surface area contributed by atoms with Crippen molar-refractivity contribution in [3.63, 3.8) is 0 Å². The first-order chi connectivity index (χ1) is 10.2. The number of fused-ring (bicyclic) bond motifs is 1. The van der Waals surface area contributed by atoms with E-state index in [1.807, 2.05) is 12.1 Å². The summed E-state index contributed by atoms with van der Waals surface area (Å²) < 4.78 is 3.17. The molecule has 1 aliphatic rings. The molecule has 2 aromatic rings. The number of nitrogens with zero attached hydrogens (tertiary/aromatic N) is 1. The van der Waals surface area contributed by atoms with Gasteiger partial charge in [0.25, 0.3) is 0 Å². The zero-order valence-electron chi connectivity index (χ0n) is 11.6. The maximum atomic E-state index is 12.0. The standard InChI is InChI=1S/C15H17BrN2OS2/c16-10-6-7-12-13(8-10)21-15(18-12)20-9-14(19)17-11-4-2-1-3-5-11/h6-8,11H,1-5,9H2,(H,17,19). The molecule has 1 N–H and O–H groups in total. The van der Waals surface area contributed by atoms with Crippen molar-refractivity contribution in [2.24, 2.45) is 0 Å². The number of hydrogen-bond donors (Lipinski definition) is 1. The maximum Gasteiger partial charge on any atom is 0.230 e. The van der Waals surface area contributed by atoms with Gasteiger partial charge in [-0.2, -0.15) is 0 Å². The zero-order valence-corrected chi connectivity index (χ0v) is 14.8. The van der Waals surface area contributed by atoms with E-state index in [2.05, 4.69) is 32.3 Å². The minimum Gasteiger partial charge on any atom is -0.353 e. The van der Waals surface area contributed by atoms with Crippen molar-refractivity contribution in [2.45, 2.75) is 42.5 Å². The lowest BCUT2D eigenvalue weighted by molar-refractivity contribution is -0.119. The van der Waals surface area contributed by atoms with Gasteiger partial charge in [0.1, 0.15) is 0 Å². The minimum absolute atomic E-state index is 0.132. The van der Waals surface area contributed by atoms with Crippen LogP contribution < -0.4 is 5.32 Å². The predicted octanol–water partition coefficient (Wildman–Crippen LogP) is 4.60. The van der Waals surface area contributed by atoms with Gasteiger partial charge in [0, 0.05) is 10.5 Å². The van der Waals surface area contributed by atoms with Crippen molar-refractivity contribution in [3.8, 4) is 0 Å². The molecule has 6 heteroatoms. The van der Waals surface area contributed by atoms with Crippen LogP contribution in [-0.2, 0) is 4.79 Å². The Labute approximate surface area is 141 Å². The van der Waals surface area contributed by atoms with Crippen molar-refractivity contribution in [1.82, 2.24) is 10.3 Å². The Kier molecular flexibility index (Phi) is 5.19. The fourth-order valence-electron chi connectivity index (χ4n) is 2.58. The van der Waals surface area contributed by atoms with Crippen molar-refractivity contribution in [1.29, 1.82) is 0 Å². The summed E-state index contributed by atoms with van der Waals surface area (Å²) in [5.41, 5.74) is 0.999. The van der Waals surface area contributed by atoms with Crippen molar-refractivity contribution in [2.75, 3.05) is 5.75 Å². The van der Waals surface area contributed by atoms with Crippen molar-refractivity contribution >= 4 is 55.2 Å². The van der Waals surface area contributed by atoms with Gasteiger partial charge in [0.15, 0.2) is 4.34 Å². The highest BCUT2D eigenvalue weighted by atomic mass is 79.9. The van der Waals surface area contributed by atoms with E-state index in [0.29, 0.717) is 11.8 Å². The lowest BCUT2D eigenvalue weighted by Crippen LogP contribution is -2.37. The van der Waals surface area contributed by atoms with E-state index in [4.69, 9.17) is 0 Å². The normalized spacial score (nSPS) is 16.2. The molecule has 3 nitrogen and oxygen atoms in total. The van der Waals surface area contributed by atoms with Gasteiger partial charge in [0.05, 0.1) is 16.0 Å². The predicted molar refractivity (Wildman–Crippen MR) is 93.1 cm³/mol. The van der Waals surface area contributed by atoms with Gasteiger partial charge >= 0.3 is 0 Å². The Hall–Kier alpha value is -0.590. The zero-order chi connectivity index (χ0) is 14.7. The smallest absolute Gasteiger partial charge is 0.230 e. The molecule has 1 aromatic heterocycles. The van der Waals surface area contributed by atoms with Crippen molar-refractivity contribution < 1.29 is 4.79 Å². The van der Waals surface area contributed by atoms with Crippen LogP contribution >= 0.6 is 39.0 Å². The molecule has 0 aliphatic heterocycles. The molecule has 21 heavy (non-hydrogen) atoms. The summed E-state index contributed by atoms with van der Waals surface area (Å²) in [7, 11) is 0. The molecule has 1 amide bonds. The first-order valence-corrected chi connectivity index (χ1v) is 9.78. The highest BCUT2D eigenvalue weighted by molar-refractivity contribution is 9.10. The van der Waals surface area contributed by atoms with Gasteiger partial charge in [-0.1, -0.05) is 47.0 Å². The summed E-state index contributed by atoms with van der Waals surface area (Å²) in [6, 6.07) is 6.45. The lowest BCUT2D eigenvalue weighted by Gasteiger charge is -2.22. The Morgan fingerprint density at radius 3 is 3.00 bits per heavy atom. The Balaban J connectivity index is 1.54. The molecule has 0 unspecified atom stereocenters. The molecule has 112 valence electrons. The van der Waals surface area contributed by atoms with Gasteiger partial charge < -0.3 is 5.32 Å². The van der Waals surface area contributed by atoms with Crippen LogP contribution in [0.5, 0.6) is 0 Å². The van der Waals surface area contributed by atoms with E-state index < -0.39 is 0 Å². The Morgan fingerprint density at radius 2 is 2.19 bits per heavy atom. The van der Waals surface area contributed by atoms with Gasteiger partial charge in [-0.05, 0) is 31.0 Å². The molecule has 1 saturated carbocycles. The van der Waals surface area contributed by atoms with Gasteiger partial charge in [-0.25, -0.2) is 4.98 Å². The Bertz CT molecular complexity index is 638. The van der Waals surface area contributed by atoms with Crippen LogP contribution in [-0.4, -0.2) is 22.7 Å². The van der Waals surface area contributed by atoms with Gasteiger partial charge in [0.2, 0.25) is 5.91 Å². The topological polar surface area (TPSA) is 42.0 Å². The molecule has 0 saturated heterocycles. The summed E-state index contributed by atoms with van der Waals surface area (Å²) in [5, 5.41) is 3.14. The van der Waals surface area contributed by atoms with Crippen LogP contribution in [0, 0.1) is 0 Å². The number of carbonyl (C=O) groups is 1. The van der Waals surface area contributed by atoms with E-state index in [9.17, 15) is 4.79 Å². The van der Waals surface area contributed by atoms with Crippen LogP contribution in [0.15, 0.2) is 27.0 Å². The number of thiazole rings is 1. The van der Waals surface area contributed by atoms with Gasteiger partial charge in [-0.15, -0.1) is 11.3 Å². The van der Waals surface area contributed by atoms with Crippen LogP contribution in [0.2, 0.25) is 0 Å². The number of thioether (sulfide) groups is 1. The fourth-order valence-corrected chi connectivity index (χ4v) is 5.01. The number of benzene rings is 1. The first-order valence-electron chi connectivity index (χ1n) is 7.19.